The van der Waals surface area contributed by atoms with Gasteiger partial charge in [0.25, 0.3) is 0 Å². The number of aromatic carboxylic acids is 1. The van der Waals surface area contributed by atoms with Crippen LogP contribution in [0.2, 0.25) is 0 Å². The SMILES string of the molecule is CC(C)(O)CNS(=O)(=O)Cc1ccc(C(=O)O)cc1. The van der Waals surface area contributed by atoms with Crippen molar-refractivity contribution in [3.63, 3.8) is 0 Å². The Morgan fingerprint density at radius 3 is 2.21 bits per heavy atom. The van der Waals surface area contributed by atoms with Crippen molar-refractivity contribution in [1.29, 1.82) is 0 Å². The summed E-state index contributed by atoms with van der Waals surface area (Å²) in [6.45, 7) is 2.91. The van der Waals surface area contributed by atoms with Gasteiger partial charge in [-0.3, -0.25) is 0 Å². The summed E-state index contributed by atoms with van der Waals surface area (Å²) in [6, 6.07) is 5.60. The standard InChI is InChI=1S/C12H17NO5S/c1-12(2,16)8-13-19(17,18)7-9-3-5-10(6-4-9)11(14)15/h3-6,13,16H,7-8H2,1-2H3,(H,14,15). The maximum atomic E-state index is 11.7. The number of carbonyl (C=O) groups is 1. The van der Waals surface area contributed by atoms with Gasteiger partial charge in [0.1, 0.15) is 0 Å². The highest BCUT2D eigenvalue weighted by Crippen LogP contribution is 2.08. The molecule has 0 aromatic heterocycles. The second-order valence-electron chi connectivity index (χ2n) is 4.89. The molecule has 0 saturated carbocycles. The summed E-state index contributed by atoms with van der Waals surface area (Å²) in [5.41, 5.74) is -0.543. The summed E-state index contributed by atoms with van der Waals surface area (Å²) in [5.74, 6) is -1.32. The third-order valence-electron chi connectivity index (χ3n) is 2.28. The number of rotatable bonds is 6. The molecule has 0 aliphatic heterocycles. The lowest BCUT2D eigenvalue weighted by atomic mass is 10.1. The summed E-state index contributed by atoms with van der Waals surface area (Å²) in [4.78, 5) is 10.7. The van der Waals surface area contributed by atoms with Gasteiger partial charge in [-0.1, -0.05) is 12.1 Å². The van der Waals surface area contributed by atoms with E-state index in [1.54, 1.807) is 0 Å². The first kappa shape index (κ1) is 15.6. The molecule has 19 heavy (non-hydrogen) atoms. The molecule has 0 spiro atoms. The van der Waals surface area contributed by atoms with Gasteiger partial charge in [-0.2, -0.15) is 0 Å². The highest BCUT2D eigenvalue weighted by atomic mass is 32.2. The lowest BCUT2D eigenvalue weighted by Crippen LogP contribution is -2.38. The minimum Gasteiger partial charge on any atom is -0.478 e. The summed E-state index contributed by atoms with van der Waals surface area (Å²) in [5, 5.41) is 18.2. The van der Waals surface area contributed by atoms with E-state index in [-0.39, 0.29) is 17.9 Å². The number of sulfonamides is 1. The van der Waals surface area contributed by atoms with Gasteiger partial charge in [0.15, 0.2) is 0 Å². The highest BCUT2D eigenvalue weighted by molar-refractivity contribution is 7.88. The Bertz CT molecular complexity index is 542. The Kier molecular flexibility index (Phi) is 4.67. The normalized spacial score (nSPS) is 12.4. The molecular formula is C12H17NO5S. The van der Waals surface area contributed by atoms with Crippen LogP contribution in [0.3, 0.4) is 0 Å². The van der Waals surface area contributed by atoms with E-state index in [1.807, 2.05) is 0 Å². The molecule has 1 aromatic rings. The van der Waals surface area contributed by atoms with Crippen LogP contribution in [0.1, 0.15) is 29.8 Å². The molecule has 1 aromatic carbocycles. The van der Waals surface area contributed by atoms with Crippen molar-refractivity contribution >= 4 is 16.0 Å². The first-order valence-electron chi connectivity index (χ1n) is 5.61. The lowest BCUT2D eigenvalue weighted by Gasteiger charge is -2.17. The quantitative estimate of drug-likeness (QED) is 0.710. The van der Waals surface area contributed by atoms with E-state index in [9.17, 15) is 18.3 Å². The third kappa shape index (κ3) is 5.82. The number of carboxylic acids is 1. The molecule has 0 unspecified atom stereocenters. The molecule has 0 bridgehead atoms. The largest absolute Gasteiger partial charge is 0.478 e. The minimum absolute atomic E-state index is 0.0808. The van der Waals surface area contributed by atoms with Crippen LogP contribution in [0.15, 0.2) is 24.3 Å². The van der Waals surface area contributed by atoms with Gasteiger partial charge in [0.05, 0.1) is 16.9 Å². The molecule has 0 atom stereocenters. The number of carboxylic acid groups (broad SMARTS) is 1. The van der Waals surface area contributed by atoms with Gasteiger partial charge in [0, 0.05) is 6.54 Å². The topological polar surface area (TPSA) is 104 Å². The fraction of sp³-hybridized carbons (Fsp3) is 0.417. The smallest absolute Gasteiger partial charge is 0.335 e. The molecule has 6 nitrogen and oxygen atoms in total. The summed E-state index contributed by atoms with van der Waals surface area (Å²) in [6.07, 6.45) is 0. The fourth-order valence-electron chi connectivity index (χ4n) is 1.30. The molecule has 0 fully saturated rings. The highest BCUT2D eigenvalue weighted by Gasteiger charge is 2.18. The van der Waals surface area contributed by atoms with Crippen LogP contribution in [-0.4, -0.2) is 36.7 Å². The van der Waals surface area contributed by atoms with Crippen molar-refractivity contribution in [2.75, 3.05) is 6.54 Å². The molecule has 106 valence electrons. The fourth-order valence-corrected chi connectivity index (χ4v) is 2.61. The molecule has 3 N–H and O–H groups in total. The Labute approximate surface area is 112 Å². The van der Waals surface area contributed by atoms with Crippen molar-refractivity contribution in [2.45, 2.75) is 25.2 Å². The summed E-state index contributed by atoms with van der Waals surface area (Å²) in [7, 11) is -3.56. The van der Waals surface area contributed by atoms with Crippen molar-refractivity contribution in [3.8, 4) is 0 Å². The Hall–Kier alpha value is -1.44. The molecule has 0 aliphatic carbocycles. The Morgan fingerprint density at radius 2 is 1.79 bits per heavy atom. The molecular weight excluding hydrogens is 270 g/mol. The van der Waals surface area contributed by atoms with Gasteiger partial charge in [-0.05, 0) is 31.5 Å². The average molecular weight is 287 g/mol. The second kappa shape index (κ2) is 5.68. The van der Waals surface area contributed by atoms with E-state index in [2.05, 4.69) is 4.72 Å². The monoisotopic (exact) mass is 287 g/mol. The molecule has 0 heterocycles. The van der Waals surface area contributed by atoms with Crippen molar-refractivity contribution in [2.24, 2.45) is 0 Å². The van der Waals surface area contributed by atoms with Crippen LogP contribution in [0.4, 0.5) is 0 Å². The van der Waals surface area contributed by atoms with Crippen LogP contribution >= 0.6 is 0 Å². The van der Waals surface area contributed by atoms with Gasteiger partial charge >= 0.3 is 5.97 Å². The third-order valence-corrected chi connectivity index (χ3v) is 3.58. The van der Waals surface area contributed by atoms with Gasteiger partial charge < -0.3 is 10.2 Å². The Morgan fingerprint density at radius 1 is 1.26 bits per heavy atom. The summed E-state index contributed by atoms with van der Waals surface area (Å²) >= 11 is 0. The summed E-state index contributed by atoms with van der Waals surface area (Å²) < 4.78 is 25.7. The van der Waals surface area contributed by atoms with E-state index in [0.717, 1.165) is 0 Å². The number of benzene rings is 1. The minimum atomic E-state index is -3.56. The molecule has 0 saturated heterocycles. The second-order valence-corrected chi connectivity index (χ2v) is 6.70. The van der Waals surface area contributed by atoms with Crippen molar-refractivity contribution < 1.29 is 23.4 Å². The lowest BCUT2D eigenvalue weighted by molar-refractivity contribution is 0.0696. The van der Waals surface area contributed by atoms with Crippen LogP contribution in [0.5, 0.6) is 0 Å². The van der Waals surface area contributed by atoms with E-state index in [0.29, 0.717) is 5.56 Å². The molecule has 0 radical (unpaired) electrons. The van der Waals surface area contributed by atoms with E-state index in [1.165, 1.54) is 38.1 Å². The van der Waals surface area contributed by atoms with E-state index >= 15 is 0 Å². The Balaban J connectivity index is 2.70. The molecule has 0 aliphatic rings. The van der Waals surface area contributed by atoms with Gasteiger partial charge in [0.2, 0.25) is 10.0 Å². The van der Waals surface area contributed by atoms with Gasteiger partial charge in [-0.25, -0.2) is 17.9 Å². The van der Waals surface area contributed by atoms with Crippen molar-refractivity contribution in [3.05, 3.63) is 35.4 Å². The van der Waals surface area contributed by atoms with Crippen LogP contribution < -0.4 is 4.72 Å². The average Bonchev–Trinajstić information content (AvgIpc) is 2.26. The number of nitrogens with one attached hydrogen (secondary N) is 1. The molecule has 0 amide bonds. The van der Waals surface area contributed by atoms with Crippen molar-refractivity contribution in [1.82, 2.24) is 4.72 Å². The number of aliphatic hydroxyl groups is 1. The van der Waals surface area contributed by atoms with Crippen LogP contribution in [0.25, 0.3) is 0 Å². The predicted molar refractivity (Wildman–Crippen MR) is 70.3 cm³/mol. The number of hydrogen-bond donors (Lipinski definition) is 3. The maximum absolute atomic E-state index is 11.7. The zero-order chi connectivity index (χ0) is 14.7. The first-order valence-corrected chi connectivity index (χ1v) is 7.26. The maximum Gasteiger partial charge on any atom is 0.335 e. The van der Waals surface area contributed by atoms with Crippen LogP contribution in [-0.2, 0) is 15.8 Å². The molecule has 1 rings (SSSR count). The van der Waals surface area contributed by atoms with Gasteiger partial charge in [-0.15, -0.1) is 0 Å². The first-order chi connectivity index (χ1) is 8.59. The zero-order valence-corrected chi connectivity index (χ0v) is 11.6. The molecule has 7 heteroatoms. The zero-order valence-electron chi connectivity index (χ0n) is 10.8. The van der Waals surface area contributed by atoms with E-state index in [4.69, 9.17) is 5.11 Å². The predicted octanol–water partition coefficient (Wildman–Crippen LogP) is 0.575. The van der Waals surface area contributed by atoms with E-state index < -0.39 is 21.6 Å². The van der Waals surface area contributed by atoms with Crippen LogP contribution in [0, 0.1) is 0 Å². The number of hydrogen-bond acceptors (Lipinski definition) is 4.